The van der Waals surface area contributed by atoms with Gasteiger partial charge < -0.3 is 0 Å². The first-order chi connectivity index (χ1) is 22.3. The topological polar surface area (TPSA) is 0 Å². The van der Waals surface area contributed by atoms with Crippen LogP contribution in [0.3, 0.4) is 0 Å². The first kappa shape index (κ1) is 24.7. The van der Waals surface area contributed by atoms with Crippen LogP contribution in [0.15, 0.2) is 170 Å². The molecule has 0 fully saturated rings. The van der Waals surface area contributed by atoms with E-state index in [0.717, 1.165) is 0 Å². The van der Waals surface area contributed by atoms with E-state index in [1.165, 1.54) is 88.3 Å². The minimum atomic E-state index is -0.248. The smallest absolute Gasteiger partial charge is 0.0622 e. The Hall–Kier alpha value is -5.72. The van der Waals surface area contributed by atoms with Crippen LogP contribution >= 0.6 is 0 Å². The van der Waals surface area contributed by atoms with Gasteiger partial charge in [0.25, 0.3) is 0 Å². The van der Waals surface area contributed by atoms with Crippen LogP contribution in [0.2, 0.25) is 0 Å². The zero-order valence-corrected chi connectivity index (χ0v) is 24.7. The van der Waals surface area contributed by atoms with E-state index in [0.29, 0.717) is 0 Å². The van der Waals surface area contributed by atoms with Crippen molar-refractivity contribution in [2.75, 3.05) is 0 Å². The molecule has 0 N–H and O–H groups in total. The van der Waals surface area contributed by atoms with E-state index in [-0.39, 0.29) is 5.41 Å². The summed E-state index contributed by atoms with van der Waals surface area (Å²) < 4.78 is 0. The van der Waals surface area contributed by atoms with Crippen molar-refractivity contribution < 1.29 is 0 Å². The van der Waals surface area contributed by atoms with Crippen molar-refractivity contribution in [3.8, 4) is 44.5 Å². The molecular formula is C45H28. The second-order valence-corrected chi connectivity index (χ2v) is 12.4. The van der Waals surface area contributed by atoms with Crippen LogP contribution in [0.25, 0.3) is 66.1 Å². The highest BCUT2D eigenvalue weighted by Crippen LogP contribution is 2.64. The normalized spacial score (nSPS) is 15.6. The van der Waals surface area contributed by atoms with Gasteiger partial charge in [-0.25, -0.2) is 0 Å². The van der Waals surface area contributed by atoms with Gasteiger partial charge in [0.05, 0.1) is 5.41 Å². The Bertz CT molecular complexity index is 2450. The van der Waals surface area contributed by atoms with Gasteiger partial charge in [0.1, 0.15) is 0 Å². The Labute approximate surface area is 262 Å². The minimum Gasteiger partial charge on any atom is -0.0622 e. The summed E-state index contributed by atoms with van der Waals surface area (Å²) in [7, 11) is 0. The Morgan fingerprint density at radius 1 is 0.289 bits per heavy atom. The van der Waals surface area contributed by atoms with E-state index in [4.69, 9.17) is 0 Å². The molecule has 208 valence electrons. The maximum Gasteiger partial charge on any atom is 0.0725 e. The zero-order chi connectivity index (χ0) is 29.5. The van der Waals surface area contributed by atoms with Crippen molar-refractivity contribution in [1.82, 2.24) is 0 Å². The summed E-state index contributed by atoms with van der Waals surface area (Å²) in [6.07, 6.45) is 0. The van der Waals surface area contributed by atoms with Gasteiger partial charge in [-0.3, -0.25) is 0 Å². The molecule has 0 heteroatoms. The molecule has 1 atom stereocenters. The van der Waals surface area contributed by atoms with Crippen molar-refractivity contribution in [2.45, 2.75) is 5.41 Å². The first-order valence-electron chi connectivity index (χ1n) is 15.8. The number of hydrogen-bond donors (Lipinski definition) is 0. The third kappa shape index (κ3) is 3.26. The highest BCUT2D eigenvalue weighted by atomic mass is 14.5. The van der Waals surface area contributed by atoms with Crippen molar-refractivity contribution in [3.63, 3.8) is 0 Å². The Balaban J connectivity index is 1.13. The van der Waals surface area contributed by atoms with Crippen LogP contribution in [0.1, 0.15) is 22.3 Å². The number of fused-ring (bicyclic) bond motifs is 8. The fourth-order valence-corrected chi connectivity index (χ4v) is 8.34. The lowest BCUT2D eigenvalue weighted by Gasteiger charge is -2.44. The number of rotatable bonds is 3. The van der Waals surface area contributed by atoms with Gasteiger partial charge in [-0.05, 0) is 94.4 Å². The van der Waals surface area contributed by atoms with Crippen LogP contribution in [0.4, 0.5) is 0 Å². The maximum absolute atomic E-state index is 2.45. The molecule has 0 heterocycles. The third-order valence-electron chi connectivity index (χ3n) is 10.3. The Morgan fingerprint density at radius 2 is 0.844 bits per heavy atom. The van der Waals surface area contributed by atoms with E-state index >= 15 is 0 Å². The SMILES string of the molecule is c1ccc(-c2ccc3c(c2)C2(c4ccccc4-3)c3cccc4c(-c5ccc(-c6cccc7ccccc67)cc5)ccc2c34)cc1. The lowest BCUT2D eigenvalue weighted by Crippen LogP contribution is -2.36. The third-order valence-corrected chi connectivity index (χ3v) is 10.3. The molecule has 0 amide bonds. The predicted molar refractivity (Wildman–Crippen MR) is 189 cm³/mol. The molecule has 0 bridgehead atoms. The van der Waals surface area contributed by atoms with Gasteiger partial charge >= 0.3 is 0 Å². The molecule has 0 aromatic heterocycles. The van der Waals surface area contributed by atoms with Gasteiger partial charge in [0, 0.05) is 0 Å². The van der Waals surface area contributed by atoms with E-state index in [2.05, 4.69) is 170 Å². The number of benzene rings is 8. The molecule has 0 saturated heterocycles. The van der Waals surface area contributed by atoms with Crippen LogP contribution in [0.5, 0.6) is 0 Å². The standard InChI is InChI=1S/C45H28/c1-2-10-29(11-3-1)33-24-25-38-37-15-6-7-18-40(37)45(43(38)28-33)41-19-9-17-39-36(26-27-42(45)44(39)41)32-22-20-31(21-23-32)35-16-8-13-30-12-4-5-14-34(30)35/h1-28H. The fraction of sp³-hybridized carbons (Fsp3) is 0.0222. The Morgan fingerprint density at radius 3 is 1.71 bits per heavy atom. The molecule has 45 heavy (non-hydrogen) atoms. The van der Waals surface area contributed by atoms with E-state index in [1.54, 1.807) is 0 Å². The second-order valence-electron chi connectivity index (χ2n) is 12.4. The van der Waals surface area contributed by atoms with E-state index in [9.17, 15) is 0 Å². The number of hydrogen-bond acceptors (Lipinski definition) is 0. The van der Waals surface area contributed by atoms with Crippen LogP contribution in [0, 0.1) is 0 Å². The summed E-state index contributed by atoms with van der Waals surface area (Å²) in [5.41, 5.74) is 15.7. The molecule has 1 unspecified atom stereocenters. The average molecular weight is 569 g/mol. The van der Waals surface area contributed by atoms with Gasteiger partial charge in [-0.2, -0.15) is 0 Å². The molecule has 0 radical (unpaired) electrons. The maximum atomic E-state index is 2.45. The molecule has 0 nitrogen and oxygen atoms in total. The zero-order valence-electron chi connectivity index (χ0n) is 24.7. The molecule has 0 saturated carbocycles. The molecule has 1 spiro atoms. The Kier molecular flexibility index (Phi) is 5.02. The van der Waals surface area contributed by atoms with Gasteiger partial charge in [-0.1, -0.05) is 164 Å². The van der Waals surface area contributed by atoms with E-state index < -0.39 is 0 Å². The molecule has 8 aromatic carbocycles. The quantitative estimate of drug-likeness (QED) is 0.199. The predicted octanol–water partition coefficient (Wildman–Crippen LogP) is 11.7. The van der Waals surface area contributed by atoms with Crippen LogP contribution < -0.4 is 0 Å². The minimum absolute atomic E-state index is 0.248. The molecule has 2 aliphatic carbocycles. The van der Waals surface area contributed by atoms with Gasteiger partial charge in [0.15, 0.2) is 0 Å². The average Bonchev–Trinajstić information content (AvgIpc) is 3.43. The van der Waals surface area contributed by atoms with Crippen molar-refractivity contribution in [2.24, 2.45) is 0 Å². The summed E-state index contributed by atoms with van der Waals surface area (Å²) in [6.45, 7) is 0. The second kappa shape index (κ2) is 9.14. The summed E-state index contributed by atoms with van der Waals surface area (Å²) in [5.74, 6) is 0. The van der Waals surface area contributed by atoms with Crippen molar-refractivity contribution >= 4 is 21.5 Å². The van der Waals surface area contributed by atoms with E-state index in [1.807, 2.05) is 0 Å². The summed E-state index contributed by atoms with van der Waals surface area (Å²) in [5, 5.41) is 5.30. The lowest BCUT2D eigenvalue weighted by molar-refractivity contribution is 0.745. The summed E-state index contributed by atoms with van der Waals surface area (Å²) >= 11 is 0. The van der Waals surface area contributed by atoms with Crippen LogP contribution in [-0.2, 0) is 5.41 Å². The fourth-order valence-electron chi connectivity index (χ4n) is 8.34. The van der Waals surface area contributed by atoms with Crippen molar-refractivity contribution in [3.05, 3.63) is 192 Å². The molecule has 10 rings (SSSR count). The van der Waals surface area contributed by atoms with Gasteiger partial charge in [-0.15, -0.1) is 0 Å². The monoisotopic (exact) mass is 568 g/mol. The first-order valence-corrected chi connectivity index (χ1v) is 15.8. The summed E-state index contributed by atoms with van der Waals surface area (Å²) in [4.78, 5) is 0. The van der Waals surface area contributed by atoms with Crippen molar-refractivity contribution in [1.29, 1.82) is 0 Å². The highest BCUT2D eigenvalue weighted by molar-refractivity contribution is 6.10. The molecular weight excluding hydrogens is 540 g/mol. The van der Waals surface area contributed by atoms with Crippen LogP contribution in [-0.4, -0.2) is 0 Å². The molecule has 0 aliphatic heterocycles. The highest BCUT2D eigenvalue weighted by Gasteiger charge is 2.53. The van der Waals surface area contributed by atoms with Gasteiger partial charge in [0.2, 0.25) is 0 Å². The summed E-state index contributed by atoms with van der Waals surface area (Å²) in [6, 6.07) is 62.9. The lowest BCUT2D eigenvalue weighted by atomic mass is 9.57. The molecule has 8 aromatic rings. The molecule has 2 aliphatic rings. The largest absolute Gasteiger partial charge is 0.0725 e.